The summed E-state index contributed by atoms with van der Waals surface area (Å²) in [7, 11) is 0. The predicted molar refractivity (Wildman–Crippen MR) is 82.4 cm³/mol. The fourth-order valence-electron chi connectivity index (χ4n) is 2.42. The molecular weight excluding hydrogens is 290 g/mol. The predicted octanol–water partition coefficient (Wildman–Crippen LogP) is 3.46. The van der Waals surface area contributed by atoms with Crippen molar-refractivity contribution in [3.8, 4) is 0 Å². The summed E-state index contributed by atoms with van der Waals surface area (Å²) in [6.07, 6.45) is 0. The number of rotatable bonds is 4. The van der Waals surface area contributed by atoms with Gasteiger partial charge in [-0.25, -0.2) is 0 Å². The Morgan fingerprint density at radius 1 is 1.19 bits per heavy atom. The van der Waals surface area contributed by atoms with E-state index in [0.29, 0.717) is 17.3 Å². The van der Waals surface area contributed by atoms with Crippen molar-refractivity contribution in [1.29, 1.82) is 0 Å². The molecule has 0 fully saturated rings. The maximum absolute atomic E-state index is 10.7. The summed E-state index contributed by atoms with van der Waals surface area (Å²) in [6, 6.07) is 10.8. The Morgan fingerprint density at radius 3 is 2.76 bits per heavy atom. The van der Waals surface area contributed by atoms with E-state index in [1.165, 1.54) is 23.3 Å². The van der Waals surface area contributed by atoms with E-state index in [2.05, 4.69) is 28.8 Å². The van der Waals surface area contributed by atoms with Gasteiger partial charge in [0.15, 0.2) is 0 Å². The van der Waals surface area contributed by atoms with Crippen LogP contribution < -0.4 is 10.6 Å². The molecule has 0 saturated heterocycles. The molecule has 0 amide bonds. The molecule has 0 radical (unpaired) electrons. The first-order valence-electron chi connectivity index (χ1n) is 6.63. The van der Waals surface area contributed by atoms with Crippen LogP contribution in [0.5, 0.6) is 0 Å². The number of nitro groups is 1. The minimum absolute atomic E-state index is 0.00541. The molecule has 0 aliphatic carbocycles. The Morgan fingerprint density at radius 2 is 2.00 bits per heavy atom. The van der Waals surface area contributed by atoms with Crippen molar-refractivity contribution in [2.24, 2.45) is 0 Å². The summed E-state index contributed by atoms with van der Waals surface area (Å²) < 4.78 is 0. The second-order valence-electron chi connectivity index (χ2n) is 4.98. The van der Waals surface area contributed by atoms with E-state index in [1.807, 2.05) is 0 Å². The van der Waals surface area contributed by atoms with Crippen molar-refractivity contribution in [2.45, 2.75) is 19.6 Å². The van der Waals surface area contributed by atoms with Crippen molar-refractivity contribution in [2.75, 3.05) is 5.32 Å². The molecule has 1 heterocycles. The zero-order valence-electron chi connectivity index (χ0n) is 11.2. The second kappa shape index (κ2) is 5.71. The molecule has 0 saturated carbocycles. The Hall–Kier alpha value is -2.11. The number of nitro benzene ring substituents is 1. The summed E-state index contributed by atoms with van der Waals surface area (Å²) >= 11 is 6.06. The second-order valence-corrected chi connectivity index (χ2v) is 5.39. The molecule has 0 unspecified atom stereocenters. The largest absolute Gasteiger partial charge is 0.380 e. The fraction of sp³-hybridized carbons (Fsp3) is 0.200. The monoisotopic (exact) mass is 303 g/mol. The van der Waals surface area contributed by atoms with Crippen LogP contribution in [0.2, 0.25) is 5.02 Å². The molecular formula is C15H14ClN3O2. The summed E-state index contributed by atoms with van der Waals surface area (Å²) in [4.78, 5) is 10.2. The lowest BCUT2D eigenvalue weighted by Crippen LogP contribution is -2.01. The molecule has 108 valence electrons. The van der Waals surface area contributed by atoms with Gasteiger partial charge in [0.05, 0.1) is 15.6 Å². The lowest BCUT2D eigenvalue weighted by atomic mass is 10.1. The molecule has 2 aromatic carbocycles. The highest BCUT2D eigenvalue weighted by atomic mass is 35.5. The maximum Gasteiger partial charge on any atom is 0.271 e. The highest BCUT2D eigenvalue weighted by Gasteiger charge is 2.11. The van der Waals surface area contributed by atoms with E-state index in [9.17, 15) is 10.1 Å². The van der Waals surface area contributed by atoms with Gasteiger partial charge < -0.3 is 10.6 Å². The van der Waals surface area contributed by atoms with Gasteiger partial charge in [0.2, 0.25) is 0 Å². The Kier molecular flexibility index (Phi) is 3.77. The van der Waals surface area contributed by atoms with Gasteiger partial charge in [0.1, 0.15) is 0 Å². The van der Waals surface area contributed by atoms with Crippen molar-refractivity contribution >= 4 is 23.0 Å². The number of non-ortho nitro benzene ring substituents is 1. The van der Waals surface area contributed by atoms with Crippen molar-refractivity contribution in [3.05, 3.63) is 68.2 Å². The summed E-state index contributed by atoms with van der Waals surface area (Å²) in [5, 5.41) is 17.5. The highest BCUT2D eigenvalue weighted by molar-refractivity contribution is 6.33. The van der Waals surface area contributed by atoms with E-state index in [1.54, 1.807) is 6.07 Å². The number of hydrogen-bond donors (Lipinski definition) is 2. The van der Waals surface area contributed by atoms with E-state index in [0.717, 1.165) is 18.7 Å². The fourth-order valence-corrected chi connectivity index (χ4v) is 2.66. The summed E-state index contributed by atoms with van der Waals surface area (Å²) in [5.41, 5.74) is 4.51. The van der Waals surface area contributed by atoms with Gasteiger partial charge in [-0.15, -0.1) is 0 Å². The zero-order valence-corrected chi connectivity index (χ0v) is 12.0. The van der Waals surface area contributed by atoms with Gasteiger partial charge in [-0.05, 0) is 22.8 Å². The number of nitrogens with one attached hydrogen (secondary N) is 2. The Balaban J connectivity index is 1.71. The van der Waals surface area contributed by atoms with E-state index in [4.69, 9.17) is 11.6 Å². The number of hydrogen-bond acceptors (Lipinski definition) is 4. The number of anilines is 1. The minimum Gasteiger partial charge on any atom is -0.380 e. The number of halogens is 1. The third kappa shape index (κ3) is 2.99. The molecule has 5 nitrogen and oxygen atoms in total. The lowest BCUT2D eigenvalue weighted by molar-refractivity contribution is -0.384. The minimum atomic E-state index is -0.455. The molecule has 1 aliphatic heterocycles. The smallest absolute Gasteiger partial charge is 0.271 e. The van der Waals surface area contributed by atoms with E-state index in [-0.39, 0.29) is 5.69 Å². The van der Waals surface area contributed by atoms with Gasteiger partial charge in [0, 0.05) is 31.8 Å². The molecule has 6 heteroatoms. The van der Waals surface area contributed by atoms with Crippen LogP contribution in [0, 0.1) is 10.1 Å². The third-order valence-corrected chi connectivity index (χ3v) is 3.86. The van der Waals surface area contributed by atoms with Gasteiger partial charge in [-0.1, -0.05) is 29.8 Å². The number of nitrogens with zero attached hydrogens (tertiary/aromatic N) is 1. The van der Waals surface area contributed by atoms with Crippen LogP contribution >= 0.6 is 11.6 Å². The van der Waals surface area contributed by atoms with Gasteiger partial charge in [-0.2, -0.15) is 0 Å². The van der Waals surface area contributed by atoms with E-state index < -0.39 is 4.92 Å². The molecule has 0 spiro atoms. The van der Waals surface area contributed by atoms with Gasteiger partial charge in [0.25, 0.3) is 5.69 Å². The quantitative estimate of drug-likeness (QED) is 0.670. The van der Waals surface area contributed by atoms with Crippen LogP contribution in [0.3, 0.4) is 0 Å². The van der Waals surface area contributed by atoms with Gasteiger partial charge >= 0.3 is 0 Å². The molecule has 2 N–H and O–H groups in total. The molecule has 21 heavy (non-hydrogen) atoms. The average molecular weight is 304 g/mol. The molecule has 1 aliphatic rings. The van der Waals surface area contributed by atoms with Crippen molar-refractivity contribution in [3.63, 3.8) is 0 Å². The normalized spacial score (nSPS) is 13.0. The Bertz CT molecular complexity index is 703. The zero-order chi connectivity index (χ0) is 14.8. The molecule has 2 aromatic rings. The Labute approximate surface area is 127 Å². The third-order valence-electron chi connectivity index (χ3n) is 3.55. The first-order chi connectivity index (χ1) is 10.1. The number of benzene rings is 2. The van der Waals surface area contributed by atoms with Crippen LogP contribution in [0.25, 0.3) is 0 Å². The number of fused-ring (bicyclic) bond motifs is 1. The lowest BCUT2D eigenvalue weighted by Gasteiger charge is -2.09. The van der Waals surface area contributed by atoms with E-state index >= 15 is 0 Å². The SMILES string of the molecule is O=[N+]([O-])c1ccc(NCc2ccc3c(c2)CNC3)c(Cl)c1. The summed E-state index contributed by atoms with van der Waals surface area (Å²) in [6.45, 7) is 2.46. The van der Waals surface area contributed by atoms with Crippen LogP contribution in [0.1, 0.15) is 16.7 Å². The molecule has 0 bridgehead atoms. The maximum atomic E-state index is 10.7. The van der Waals surface area contributed by atoms with Crippen LogP contribution in [0.15, 0.2) is 36.4 Å². The molecule has 0 aromatic heterocycles. The topological polar surface area (TPSA) is 67.2 Å². The standard InChI is InChI=1S/C15H14ClN3O2/c16-14-6-13(19(20)21)3-4-15(14)18-7-10-1-2-11-8-17-9-12(11)5-10/h1-6,17-18H,7-9H2. The first-order valence-corrected chi connectivity index (χ1v) is 7.00. The van der Waals surface area contributed by atoms with Crippen molar-refractivity contribution < 1.29 is 4.92 Å². The van der Waals surface area contributed by atoms with Crippen molar-refractivity contribution in [1.82, 2.24) is 5.32 Å². The van der Waals surface area contributed by atoms with Gasteiger partial charge in [-0.3, -0.25) is 10.1 Å². The van der Waals surface area contributed by atoms with Crippen LogP contribution in [0.4, 0.5) is 11.4 Å². The van der Waals surface area contributed by atoms with Crippen LogP contribution in [-0.4, -0.2) is 4.92 Å². The van der Waals surface area contributed by atoms with Crippen LogP contribution in [-0.2, 0) is 19.6 Å². The summed E-state index contributed by atoms with van der Waals surface area (Å²) in [5.74, 6) is 0. The molecule has 3 rings (SSSR count). The average Bonchev–Trinajstić information content (AvgIpc) is 2.93. The molecule has 0 atom stereocenters. The highest BCUT2D eigenvalue weighted by Crippen LogP contribution is 2.27. The first kappa shape index (κ1) is 13.9.